The van der Waals surface area contributed by atoms with E-state index < -0.39 is 5.60 Å². The maximum absolute atomic E-state index is 12.7. The van der Waals surface area contributed by atoms with Gasteiger partial charge in [0.05, 0.1) is 0 Å². The second-order valence-electron chi connectivity index (χ2n) is 10.1. The third kappa shape index (κ3) is 5.86. The number of piperidine rings is 2. The van der Waals surface area contributed by atoms with Crippen molar-refractivity contribution in [2.75, 3.05) is 39.3 Å². The van der Waals surface area contributed by atoms with Crippen LogP contribution in [0.3, 0.4) is 0 Å². The molecule has 29 heavy (non-hydrogen) atoms. The van der Waals surface area contributed by atoms with E-state index >= 15 is 0 Å². The van der Waals surface area contributed by atoms with Crippen LogP contribution in [0.5, 0.6) is 0 Å². The van der Waals surface area contributed by atoms with Gasteiger partial charge in [-0.1, -0.05) is 6.92 Å². The fourth-order valence-corrected chi connectivity index (χ4v) is 4.41. The number of nitrogens with zero attached hydrogens (tertiary/aromatic N) is 3. The zero-order chi connectivity index (χ0) is 21.2. The van der Waals surface area contributed by atoms with E-state index in [1.165, 1.54) is 0 Å². The van der Waals surface area contributed by atoms with Gasteiger partial charge in [-0.25, -0.2) is 4.79 Å². The van der Waals surface area contributed by atoms with Gasteiger partial charge in [-0.2, -0.15) is 0 Å². The number of hydrogen-bond acceptors (Lipinski definition) is 4. The Labute approximate surface area is 174 Å². The van der Waals surface area contributed by atoms with E-state index in [0.29, 0.717) is 32.6 Å². The molecular weight excluding hydrogens is 370 g/mol. The molecule has 0 unspecified atom stereocenters. The first-order valence-electron chi connectivity index (χ1n) is 11.2. The third-order valence-corrected chi connectivity index (χ3v) is 6.36. The smallest absolute Gasteiger partial charge is 0.410 e. The van der Waals surface area contributed by atoms with Crippen LogP contribution in [-0.4, -0.2) is 77.5 Å². The number of likely N-dealkylation sites (tertiary alicyclic amines) is 3. The quantitative estimate of drug-likeness (QED) is 0.721. The summed E-state index contributed by atoms with van der Waals surface area (Å²) in [6.45, 7) is 12.1. The van der Waals surface area contributed by atoms with Crippen molar-refractivity contribution >= 4 is 17.9 Å². The molecule has 0 spiro atoms. The summed E-state index contributed by atoms with van der Waals surface area (Å²) in [5.41, 5.74) is -0.494. The molecule has 3 rings (SSSR count). The minimum absolute atomic E-state index is 0.0684. The van der Waals surface area contributed by atoms with E-state index in [0.717, 1.165) is 44.7 Å². The second kappa shape index (κ2) is 8.92. The lowest BCUT2D eigenvalue weighted by atomic mass is 9.91. The number of hydrogen-bond donors (Lipinski definition) is 0. The molecule has 0 aromatic carbocycles. The molecule has 3 aliphatic heterocycles. The SMILES string of the molecule is CC1CCN(C(=O)C2CCN(C(=O)CC3CN(C(=O)OC(C)(C)C)C3)CC2)CC1. The van der Waals surface area contributed by atoms with E-state index in [9.17, 15) is 14.4 Å². The van der Waals surface area contributed by atoms with Gasteiger partial charge in [0.25, 0.3) is 0 Å². The molecule has 164 valence electrons. The van der Waals surface area contributed by atoms with Crippen LogP contribution in [0.2, 0.25) is 0 Å². The van der Waals surface area contributed by atoms with Crippen molar-refractivity contribution < 1.29 is 19.1 Å². The topological polar surface area (TPSA) is 70.2 Å². The number of carbonyl (C=O) groups is 3. The molecule has 7 heteroatoms. The first-order chi connectivity index (χ1) is 13.6. The highest BCUT2D eigenvalue weighted by molar-refractivity contribution is 5.80. The molecule has 0 atom stereocenters. The summed E-state index contributed by atoms with van der Waals surface area (Å²) in [7, 11) is 0. The van der Waals surface area contributed by atoms with Gasteiger partial charge in [-0.15, -0.1) is 0 Å². The van der Waals surface area contributed by atoms with Crippen LogP contribution in [0.25, 0.3) is 0 Å². The minimum Gasteiger partial charge on any atom is -0.444 e. The molecule has 7 nitrogen and oxygen atoms in total. The summed E-state index contributed by atoms with van der Waals surface area (Å²) >= 11 is 0. The van der Waals surface area contributed by atoms with Crippen molar-refractivity contribution in [2.45, 2.75) is 65.4 Å². The Kier molecular flexibility index (Phi) is 6.74. The molecule has 3 amide bonds. The summed E-state index contributed by atoms with van der Waals surface area (Å²) in [6.07, 6.45) is 3.92. The van der Waals surface area contributed by atoms with Gasteiger partial charge in [0.15, 0.2) is 0 Å². The lowest BCUT2D eigenvalue weighted by Gasteiger charge is -2.41. The zero-order valence-electron chi connectivity index (χ0n) is 18.5. The summed E-state index contributed by atoms with van der Waals surface area (Å²) in [5, 5.41) is 0. The Hall–Kier alpha value is -1.79. The zero-order valence-corrected chi connectivity index (χ0v) is 18.5. The van der Waals surface area contributed by atoms with Crippen molar-refractivity contribution in [3.8, 4) is 0 Å². The number of carbonyl (C=O) groups excluding carboxylic acids is 3. The molecule has 3 heterocycles. The van der Waals surface area contributed by atoms with Gasteiger partial charge < -0.3 is 19.4 Å². The Morgan fingerprint density at radius 1 is 0.862 bits per heavy atom. The van der Waals surface area contributed by atoms with E-state index in [1.807, 2.05) is 30.6 Å². The average molecular weight is 408 g/mol. The van der Waals surface area contributed by atoms with Crippen molar-refractivity contribution in [3.05, 3.63) is 0 Å². The van der Waals surface area contributed by atoms with Gasteiger partial charge in [0.2, 0.25) is 11.8 Å². The van der Waals surface area contributed by atoms with Gasteiger partial charge >= 0.3 is 6.09 Å². The van der Waals surface area contributed by atoms with Crippen LogP contribution in [0.15, 0.2) is 0 Å². The Morgan fingerprint density at radius 2 is 1.41 bits per heavy atom. The molecule has 0 radical (unpaired) electrons. The summed E-state index contributed by atoms with van der Waals surface area (Å²) in [4.78, 5) is 42.9. The van der Waals surface area contributed by atoms with Crippen molar-refractivity contribution in [1.82, 2.24) is 14.7 Å². The Morgan fingerprint density at radius 3 is 1.97 bits per heavy atom. The van der Waals surface area contributed by atoms with Crippen LogP contribution in [-0.2, 0) is 14.3 Å². The van der Waals surface area contributed by atoms with Crippen LogP contribution in [0.4, 0.5) is 4.79 Å². The number of amides is 3. The molecule has 3 fully saturated rings. The van der Waals surface area contributed by atoms with E-state index in [1.54, 1.807) is 4.90 Å². The van der Waals surface area contributed by atoms with Crippen molar-refractivity contribution in [2.24, 2.45) is 17.8 Å². The third-order valence-electron chi connectivity index (χ3n) is 6.36. The highest BCUT2D eigenvalue weighted by Gasteiger charge is 2.37. The largest absolute Gasteiger partial charge is 0.444 e. The number of ether oxygens (including phenoxy) is 1. The molecule has 0 aromatic heterocycles. The molecule has 0 aromatic rings. The highest BCUT2D eigenvalue weighted by atomic mass is 16.6. The predicted molar refractivity (Wildman–Crippen MR) is 110 cm³/mol. The van der Waals surface area contributed by atoms with Crippen LogP contribution < -0.4 is 0 Å². The molecular formula is C22H37N3O4. The number of rotatable bonds is 3. The predicted octanol–water partition coefficient (Wildman–Crippen LogP) is 2.74. The molecule has 0 N–H and O–H groups in total. The van der Waals surface area contributed by atoms with Crippen molar-refractivity contribution in [3.63, 3.8) is 0 Å². The second-order valence-corrected chi connectivity index (χ2v) is 10.1. The molecule has 3 saturated heterocycles. The lowest BCUT2D eigenvalue weighted by Crippen LogP contribution is -2.53. The van der Waals surface area contributed by atoms with Crippen LogP contribution >= 0.6 is 0 Å². The fraction of sp³-hybridized carbons (Fsp3) is 0.864. The molecule has 0 saturated carbocycles. The molecule has 0 bridgehead atoms. The standard InChI is InChI=1S/C22H37N3O4/c1-16-5-9-24(10-6-16)20(27)18-7-11-23(12-8-18)19(26)13-17-14-25(15-17)21(28)29-22(2,3)4/h16-18H,5-15H2,1-4H3. The normalized spacial score (nSPS) is 22.4. The van der Waals surface area contributed by atoms with Gasteiger partial charge in [0, 0.05) is 57.5 Å². The molecule has 0 aliphatic carbocycles. The lowest BCUT2D eigenvalue weighted by molar-refractivity contribution is -0.142. The first kappa shape index (κ1) is 21.9. The first-order valence-corrected chi connectivity index (χ1v) is 11.2. The maximum atomic E-state index is 12.7. The van der Waals surface area contributed by atoms with E-state index in [4.69, 9.17) is 4.74 Å². The summed E-state index contributed by atoms with van der Waals surface area (Å²) in [6, 6.07) is 0. The average Bonchev–Trinajstić information content (AvgIpc) is 2.62. The fourth-order valence-electron chi connectivity index (χ4n) is 4.41. The summed E-state index contributed by atoms with van der Waals surface area (Å²) < 4.78 is 5.36. The van der Waals surface area contributed by atoms with E-state index in [-0.39, 0.29) is 29.7 Å². The summed E-state index contributed by atoms with van der Waals surface area (Å²) in [5.74, 6) is 1.44. The highest BCUT2D eigenvalue weighted by Crippen LogP contribution is 2.26. The monoisotopic (exact) mass is 407 g/mol. The van der Waals surface area contributed by atoms with Gasteiger partial charge in [0.1, 0.15) is 5.60 Å². The maximum Gasteiger partial charge on any atom is 0.410 e. The van der Waals surface area contributed by atoms with Gasteiger partial charge in [-0.3, -0.25) is 9.59 Å². The van der Waals surface area contributed by atoms with Crippen LogP contribution in [0.1, 0.15) is 59.8 Å². The minimum atomic E-state index is -0.494. The van der Waals surface area contributed by atoms with Gasteiger partial charge in [-0.05, 0) is 52.4 Å². The molecule has 3 aliphatic rings. The Bertz CT molecular complexity index is 608. The van der Waals surface area contributed by atoms with E-state index in [2.05, 4.69) is 6.92 Å². The van der Waals surface area contributed by atoms with Crippen LogP contribution in [0, 0.1) is 17.8 Å². The van der Waals surface area contributed by atoms with Crippen molar-refractivity contribution in [1.29, 1.82) is 0 Å². The Balaban J connectivity index is 1.35.